The van der Waals surface area contributed by atoms with Gasteiger partial charge in [-0.1, -0.05) is 23.7 Å². The molecule has 2 aromatic rings. The van der Waals surface area contributed by atoms with Gasteiger partial charge in [0.25, 0.3) is 0 Å². The molecule has 2 aromatic carbocycles. The van der Waals surface area contributed by atoms with Crippen LogP contribution in [0.3, 0.4) is 0 Å². The van der Waals surface area contributed by atoms with Gasteiger partial charge in [0.1, 0.15) is 17.7 Å². The third-order valence-electron chi connectivity index (χ3n) is 3.77. The molecule has 118 valence electrons. The van der Waals surface area contributed by atoms with E-state index < -0.39 is 17.7 Å². The molecular formula is C17H11BrClF2NO. The van der Waals surface area contributed by atoms with Crippen LogP contribution in [0, 0.1) is 11.6 Å². The molecule has 0 spiro atoms. The lowest BCUT2D eigenvalue weighted by molar-refractivity contribution is -0.119. The van der Waals surface area contributed by atoms with Crippen LogP contribution < -0.4 is 0 Å². The van der Waals surface area contributed by atoms with E-state index in [9.17, 15) is 13.6 Å². The average Bonchev–Trinajstić information content (AvgIpc) is 2.61. The molecule has 0 saturated heterocycles. The van der Waals surface area contributed by atoms with Gasteiger partial charge >= 0.3 is 0 Å². The topological polar surface area (TPSA) is 29.4 Å². The summed E-state index contributed by atoms with van der Waals surface area (Å²) in [4.78, 5) is 16.5. The number of halogens is 4. The third kappa shape index (κ3) is 2.83. The van der Waals surface area contributed by atoms with Gasteiger partial charge in [-0.25, -0.2) is 8.78 Å². The highest BCUT2D eigenvalue weighted by atomic mass is 79.9. The molecule has 1 aliphatic rings. The normalized spacial score (nSPS) is 17.5. The lowest BCUT2D eigenvalue weighted by Crippen LogP contribution is -2.16. The van der Waals surface area contributed by atoms with E-state index in [1.54, 1.807) is 19.1 Å². The first-order chi connectivity index (χ1) is 10.9. The molecule has 23 heavy (non-hydrogen) atoms. The molecule has 6 heteroatoms. The standard InChI is InChI=1S/C17H11BrClF2NO/c1-8-13(23)7-9-5-6-10(19)16(18)14(9)17(22-8)15-11(20)3-2-4-12(15)21/h2-6,8H,7H2,1H3/t8-/m0/s1. The van der Waals surface area contributed by atoms with E-state index in [-0.39, 0.29) is 23.5 Å². The second-order valence-corrected chi connectivity index (χ2v) is 6.49. The summed E-state index contributed by atoms with van der Waals surface area (Å²) in [5.41, 5.74) is 0.942. The van der Waals surface area contributed by atoms with Gasteiger partial charge in [-0.2, -0.15) is 0 Å². The Morgan fingerprint density at radius 3 is 2.48 bits per heavy atom. The highest BCUT2D eigenvalue weighted by Gasteiger charge is 2.28. The van der Waals surface area contributed by atoms with Crippen molar-refractivity contribution in [3.8, 4) is 0 Å². The van der Waals surface area contributed by atoms with Crippen LogP contribution in [0.4, 0.5) is 8.78 Å². The summed E-state index contributed by atoms with van der Waals surface area (Å²) < 4.78 is 29.0. The third-order valence-corrected chi connectivity index (χ3v) is 5.14. The van der Waals surface area contributed by atoms with Crippen molar-refractivity contribution in [2.45, 2.75) is 19.4 Å². The summed E-state index contributed by atoms with van der Waals surface area (Å²) in [6.07, 6.45) is 0.134. The maximum absolute atomic E-state index is 14.3. The molecule has 1 aliphatic heterocycles. The molecule has 1 atom stereocenters. The van der Waals surface area contributed by atoms with E-state index >= 15 is 0 Å². The van der Waals surface area contributed by atoms with Crippen LogP contribution in [0.2, 0.25) is 5.02 Å². The monoisotopic (exact) mass is 397 g/mol. The molecule has 0 amide bonds. The zero-order chi connectivity index (χ0) is 16.7. The van der Waals surface area contributed by atoms with Crippen LogP contribution >= 0.6 is 27.5 Å². The fraction of sp³-hybridized carbons (Fsp3) is 0.176. The van der Waals surface area contributed by atoms with E-state index in [0.29, 0.717) is 20.6 Å². The number of carbonyl (C=O) groups excluding carboxylic acids is 1. The van der Waals surface area contributed by atoms with E-state index in [2.05, 4.69) is 20.9 Å². The molecule has 0 saturated carbocycles. The Balaban J connectivity index is 2.38. The van der Waals surface area contributed by atoms with Gasteiger partial charge in [0, 0.05) is 16.5 Å². The Morgan fingerprint density at radius 1 is 1.17 bits per heavy atom. The Morgan fingerprint density at radius 2 is 1.83 bits per heavy atom. The molecule has 0 radical (unpaired) electrons. The van der Waals surface area contributed by atoms with Crippen LogP contribution in [-0.4, -0.2) is 17.5 Å². The quantitative estimate of drug-likeness (QED) is 0.683. The van der Waals surface area contributed by atoms with Gasteiger partial charge in [-0.3, -0.25) is 9.79 Å². The molecule has 0 unspecified atom stereocenters. The first kappa shape index (κ1) is 16.3. The molecular weight excluding hydrogens is 388 g/mol. The predicted molar refractivity (Wildman–Crippen MR) is 89.3 cm³/mol. The van der Waals surface area contributed by atoms with Gasteiger partial charge < -0.3 is 0 Å². The number of rotatable bonds is 1. The van der Waals surface area contributed by atoms with Crippen molar-refractivity contribution in [3.05, 3.63) is 68.2 Å². The van der Waals surface area contributed by atoms with Crippen LogP contribution in [0.25, 0.3) is 0 Å². The number of Topliss-reactive ketones (excluding diaryl/α,β-unsaturated/α-hetero) is 1. The summed E-state index contributed by atoms with van der Waals surface area (Å²) in [5.74, 6) is -1.58. The largest absolute Gasteiger partial charge is 0.297 e. The van der Waals surface area contributed by atoms with Crippen molar-refractivity contribution in [3.63, 3.8) is 0 Å². The Bertz CT molecular complexity index is 830. The van der Waals surface area contributed by atoms with Gasteiger partial charge in [0.05, 0.1) is 16.3 Å². The number of ketones is 1. The smallest absolute Gasteiger partial charge is 0.161 e. The summed E-state index contributed by atoms with van der Waals surface area (Å²) >= 11 is 9.49. The molecule has 2 nitrogen and oxygen atoms in total. The number of fused-ring (bicyclic) bond motifs is 1. The minimum absolute atomic E-state index is 0.100. The van der Waals surface area contributed by atoms with Gasteiger partial charge in [0.15, 0.2) is 5.78 Å². The highest BCUT2D eigenvalue weighted by Crippen LogP contribution is 2.34. The van der Waals surface area contributed by atoms with E-state index in [4.69, 9.17) is 11.6 Å². The number of nitrogens with zero attached hydrogens (tertiary/aromatic N) is 1. The Hall–Kier alpha value is -1.59. The summed E-state index contributed by atoms with van der Waals surface area (Å²) in [6, 6.07) is 6.25. The molecule has 1 heterocycles. The summed E-state index contributed by atoms with van der Waals surface area (Å²) in [5, 5.41) is 0.384. The SMILES string of the molecule is C[C@@H]1N=C(c2c(F)cccc2F)c2c(ccc(Cl)c2Br)CC1=O. The first-order valence-electron chi connectivity index (χ1n) is 6.92. The second kappa shape index (κ2) is 6.13. The zero-order valence-electron chi connectivity index (χ0n) is 12.0. The van der Waals surface area contributed by atoms with Gasteiger partial charge in [-0.15, -0.1) is 0 Å². The second-order valence-electron chi connectivity index (χ2n) is 5.29. The predicted octanol–water partition coefficient (Wildman–Crippen LogP) is 4.73. The van der Waals surface area contributed by atoms with E-state index in [1.165, 1.54) is 6.07 Å². The van der Waals surface area contributed by atoms with Crippen LogP contribution in [0.15, 0.2) is 39.8 Å². The lowest BCUT2D eigenvalue weighted by Gasteiger charge is -2.14. The van der Waals surface area contributed by atoms with Crippen LogP contribution in [-0.2, 0) is 11.2 Å². The van der Waals surface area contributed by atoms with Crippen molar-refractivity contribution in [1.82, 2.24) is 0 Å². The van der Waals surface area contributed by atoms with Crippen molar-refractivity contribution in [2.75, 3.05) is 0 Å². The summed E-state index contributed by atoms with van der Waals surface area (Å²) in [6.45, 7) is 1.61. The number of hydrogen-bond donors (Lipinski definition) is 0. The van der Waals surface area contributed by atoms with Crippen molar-refractivity contribution >= 4 is 39.0 Å². The number of hydrogen-bond acceptors (Lipinski definition) is 2. The molecule has 0 bridgehead atoms. The van der Waals surface area contributed by atoms with Gasteiger partial charge in [0.2, 0.25) is 0 Å². The Kier molecular flexibility index (Phi) is 4.34. The Labute approximate surface area is 145 Å². The minimum atomic E-state index is -0.733. The van der Waals surface area contributed by atoms with E-state index in [1.807, 2.05) is 0 Å². The minimum Gasteiger partial charge on any atom is -0.297 e. The zero-order valence-corrected chi connectivity index (χ0v) is 14.4. The molecule has 0 aromatic heterocycles. The van der Waals surface area contributed by atoms with Crippen molar-refractivity contribution in [2.24, 2.45) is 4.99 Å². The molecule has 0 N–H and O–H groups in total. The van der Waals surface area contributed by atoms with Crippen LogP contribution in [0.1, 0.15) is 23.6 Å². The van der Waals surface area contributed by atoms with E-state index in [0.717, 1.165) is 12.1 Å². The average molecular weight is 399 g/mol. The maximum Gasteiger partial charge on any atom is 0.161 e. The number of benzene rings is 2. The highest BCUT2D eigenvalue weighted by molar-refractivity contribution is 9.10. The molecule has 0 fully saturated rings. The lowest BCUT2D eigenvalue weighted by atomic mass is 9.95. The molecule has 0 aliphatic carbocycles. The number of aliphatic imine (C=N–C) groups is 1. The van der Waals surface area contributed by atoms with Crippen LogP contribution in [0.5, 0.6) is 0 Å². The first-order valence-corrected chi connectivity index (χ1v) is 8.09. The fourth-order valence-electron chi connectivity index (χ4n) is 2.57. The molecule has 3 rings (SSSR count). The van der Waals surface area contributed by atoms with Gasteiger partial charge in [-0.05, 0) is 46.6 Å². The van der Waals surface area contributed by atoms with Crippen molar-refractivity contribution < 1.29 is 13.6 Å². The van der Waals surface area contributed by atoms with Crippen molar-refractivity contribution in [1.29, 1.82) is 0 Å². The summed E-state index contributed by atoms with van der Waals surface area (Å²) in [7, 11) is 0. The number of carbonyl (C=O) groups is 1. The fourth-order valence-corrected chi connectivity index (χ4v) is 3.31. The maximum atomic E-state index is 14.3.